The van der Waals surface area contributed by atoms with Gasteiger partial charge in [0.25, 0.3) is 5.56 Å². The van der Waals surface area contributed by atoms with Crippen molar-refractivity contribution in [2.45, 2.75) is 12.8 Å². The minimum absolute atomic E-state index is 0.0638. The topological polar surface area (TPSA) is 81.0 Å². The summed E-state index contributed by atoms with van der Waals surface area (Å²) in [5.74, 6) is 0.0291. The van der Waals surface area contributed by atoms with Crippen molar-refractivity contribution in [2.75, 3.05) is 0 Å². The van der Waals surface area contributed by atoms with Crippen LogP contribution in [0.2, 0.25) is 0 Å². The molecule has 5 nitrogen and oxygen atoms in total. The van der Waals surface area contributed by atoms with E-state index in [0.29, 0.717) is 11.3 Å². The van der Waals surface area contributed by atoms with Gasteiger partial charge in [0.15, 0.2) is 0 Å². The van der Waals surface area contributed by atoms with Gasteiger partial charge < -0.3 is 15.0 Å². The Balaban J connectivity index is 2.36. The number of hydrogen-bond acceptors (Lipinski definition) is 5. The highest BCUT2D eigenvalue weighted by Crippen LogP contribution is 2.40. The molecule has 0 saturated carbocycles. The van der Waals surface area contributed by atoms with E-state index in [-0.39, 0.29) is 17.0 Å². The molecule has 0 aromatic carbocycles. The van der Waals surface area contributed by atoms with Gasteiger partial charge in [0, 0.05) is 18.8 Å². The second-order valence-electron chi connectivity index (χ2n) is 4.91. The minimum Gasteiger partial charge on any atom is -0.440 e. The number of aryl methyl sites for hydroxylation is 1. The monoisotopic (exact) mass is 299 g/mol. The molecule has 1 atom stereocenters. The molecule has 2 aromatic heterocycles. The van der Waals surface area contributed by atoms with Crippen LogP contribution in [0.25, 0.3) is 0 Å². The third-order valence-electron chi connectivity index (χ3n) is 3.73. The van der Waals surface area contributed by atoms with Gasteiger partial charge in [0.05, 0.1) is 11.5 Å². The van der Waals surface area contributed by atoms with Gasteiger partial charge in [-0.15, -0.1) is 0 Å². The molecule has 1 aliphatic heterocycles. The van der Waals surface area contributed by atoms with Crippen molar-refractivity contribution in [3.63, 3.8) is 0 Å². The second-order valence-corrected chi connectivity index (χ2v) is 5.69. The fourth-order valence-electron chi connectivity index (χ4n) is 2.51. The van der Waals surface area contributed by atoms with Crippen LogP contribution in [0.4, 0.5) is 0 Å². The fourth-order valence-corrected chi connectivity index (χ4v) is 3.20. The summed E-state index contributed by atoms with van der Waals surface area (Å²) in [7, 11) is 1.70. The van der Waals surface area contributed by atoms with Crippen molar-refractivity contribution in [3.8, 4) is 11.8 Å². The maximum atomic E-state index is 12.6. The van der Waals surface area contributed by atoms with E-state index in [2.05, 4.69) is 6.07 Å². The van der Waals surface area contributed by atoms with E-state index in [1.807, 2.05) is 23.8 Å². The minimum atomic E-state index is -0.468. The van der Waals surface area contributed by atoms with Gasteiger partial charge in [-0.05, 0) is 29.3 Å². The average molecular weight is 299 g/mol. The van der Waals surface area contributed by atoms with Crippen LogP contribution in [-0.2, 0) is 7.05 Å². The van der Waals surface area contributed by atoms with Crippen molar-refractivity contribution in [2.24, 2.45) is 12.8 Å². The number of thiophene rings is 1. The lowest BCUT2D eigenvalue weighted by Crippen LogP contribution is -2.31. The number of rotatable bonds is 1. The smallest absolute Gasteiger partial charge is 0.258 e. The lowest BCUT2D eigenvalue weighted by Gasteiger charge is -2.26. The van der Waals surface area contributed by atoms with Crippen molar-refractivity contribution in [1.82, 2.24) is 4.57 Å². The molecule has 21 heavy (non-hydrogen) atoms. The molecule has 3 heterocycles. The lowest BCUT2D eigenvalue weighted by atomic mass is 9.85. The zero-order chi connectivity index (χ0) is 15.1. The van der Waals surface area contributed by atoms with Crippen LogP contribution in [0.5, 0.6) is 5.75 Å². The molecule has 0 spiro atoms. The van der Waals surface area contributed by atoms with Crippen LogP contribution in [-0.4, -0.2) is 4.57 Å². The van der Waals surface area contributed by atoms with Crippen LogP contribution in [0.3, 0.4) is 0 Å². The summed E-state index contributed by atoms with van der Waals surface area (Å²) in [6.07, 6.45) is 0. The van der Waals surface area contributed by atoms with Crippen LogP contribution < -0.4 is 16.0 Å². The Morgan fingerprint density at radius 1 is 1.52 bits per heavy atom. The standard InChI is InChI=1S/C15H13N3O2S/c1-8-5-11-13(15(19)18(8)2)12(9-3-4-21-7-9)10(6-16)14(17)20-11/h3-5,7,12H,17H2,1-2H3/t12-/m1/s1. The first-order valence-corrected chi connectivity index (χ1v) is 7.29. The Bertz CT molecular complexity index is 841. The Morgan fingerprint density at radius 2 is 2.29 bits per heavy atom. The first kappa shape index (κ1) is 13.5. The van der Waals surface area contributed by atoms with Crippen LogP contribution in [0.15, 0.2) is 39.1 Å². The highest BCUT2D eigenvalue weighted by atomic mass is 32.1. The van der Waals surface area contributed by atoms with Crippen molar-refractivity contribution < 1.29 is 4.74 Å². The number of nitrogens with two attached hydrogens (primary N) is 1. The molecule has 2 aromatic rings. The summed E-state index contributed by atoms with van der Waals surface area (Å²) in [6.45, 7) is 1.82. The van der Waals surface area contributed by atoms with Crippen LogP contribution in [0.1, 0.15) is 22.7 Å². The van der Waals surface area contributed by atoms with E-state index in [9.17, 15) is 10.1 Å². The normalized spacial score (nSPS) is 17.1. The molecule has 0 fully saturated rings. The highest BCUT2D eigenvalue weighted by Gasteiger charge is 2.34. The van der Waals surface area contributed by atoms with E-state index in [1.54, 1.807) is 17.7 Å². The van der Waals surface area contributed by atoms with E-state index >= 15 is 0 Å². The molecule has 0 saturated heterocycles. The third-order valence-corrected chi connectivity index (χ3v) is 4.43. The van der Waals surface area contributed by atoms with Gasteiger partial charge in [0.1, 0.15) is 17.4 Å². The summed E-state index contributed by atoms with van der Waals surface area (Å²) in [4.78, 5) is 12.6. The number of pyridine rings is 1. The van der Waals surface area contributed by atoms with Crippen molar-refractivity contribution in [3.05, 3.63) is 61.5 Å². The number of nitrogens with zero attached hydrogens (tertiary/aromatic N) is 2. The van der Waals surface area contributed by atoms with Gasteiger partial charge in [-0.3, -0.25) is 4.79 Å². The number of nitriles is 1. The predicted molar refractivity (Wildman–Crippen MR) is 80.0 cm³/mol. The summed E-state index contributed by atoms with van der Waals surface area (Å²) >= 11 is 1.51. The Kier molecular flexibility index (Phi) is 3.07. The van der Waals surface area contributed by atoms with Gasteiger partial charge in [0.2, 0.25) is 5.88 Å². The molecule has 3 rings (SSSR count). The molecule has 0 bridgehead atoms. The number of allylic oxidation sites excluding steroid dienone is 1. The number of fused-ring (bicyclic) bond motifs is 1. The zero-order valence-electron chi connectivity index (χ0n) is 11.6. The van der Waals surface area contributed by atoms with Gasteiger partial charge in [-0.25, -0.2) is 0 Å². The third kappa shape index (κ3) is 1.94. The van der Waals surface area contributed by atoms with Gasteiger partial charge >= 0.3 is 0 Å². The number of aromatic nitrogens is 1. The van der Waals surface area contributed by atoms with E-state index in [1.165, 1.54) is 11.3 Å². The predicted octanol–water partition coefficient (Wildman–Crippen LogP) is 1.97. The second kappa shape index (κ2) is 4.79. The van der Waals surface area contributed by atoms with E-state index in [4.69, 9.17) is 10.5 Å². The molecule has 0 radical (unpaired) electrons. The number of ether oxygens (including phenoxy) is 1. The molecular weight excluding hydrogens is 286 g/mol. The fraction of sp³-hybridized carbons (Fsp3) is 0.200. The molecule has 0 amide bonds. The zero-order valence-corrected chi connectivity index (χ0v) is 12.4. The molecule has 2 N–H and O–H groups in total. The van der Waals surface area contributed by atoms with E-state index in [0.717, 1.165) is 11.3 Å². The summed E-state index contributed by atoms with van der Waals surface area (Å²) in [5.41, 5.74) is 8.10. The molecular formula is C15H13N3O2S. The summed E-state index contributed by atoms with van der Waals surface area (Å²) in [6, 6.07) is 5.75. The Morgan fingerprint density at radius 3 is 2.90 bits per heavy atom. The summed E-state index contributed by atoms with van der Waals surface area (Å²) in [5, 5.41) is 13.2. The largest absolute Gasteiger partial charge is 0.440 e. The molecule has 0 unspecified atom stereocenters. The van der Waals surface area contributed by atoms with Gasteiger partial charge in [-0.2, -0.15) is 16.6 Å². The van der Waals surface area contributed by atoms with E-state index < -0.39 is 5.92 Å². The first-order valence-electron chi connectivity index (χ1n) is 6.34. The molecule has 1 aliphatic rings. The maximum Gasteiger partial charge on any atom is 0.258 e. The average Bonchev–Trinajstić information content (AvgIpc) is 2.97. The summed E-state index contributed by atoms with van der Waals surface area (Å²) < 4.78 is 7.06. The van der Waals surface area contributed by atoms with Gasteiger partial charge in [-0.1, -0.05) is 0 Å². The number of hydrogen-bond donors (Lipinski definition) is 1. The van der Waals surface area contributed by atoms with Crippen LogP contribution in [0, 0.1) is 18.3 Å². The SMILES string of the molecule is Cc1cc2c(c(=O)n1C)[C@H](c1ccsc1)C(C#N)=C(N)O2. The Hall–Kier alpha value is -2.52. The van der Waals surface area contributed by atoms with Crippen molar-refractivity contribution >= 4 is 11.3 Å². The lowest BCUT2D eigenvalue weighted by molar-refractivity contribution is 0.389. The Labute approximate surface area is 125 Å². The van der Waals surface area contributed by atoms with Crippen LogP contribution >= 0.6 is 11.3 Å². The molecule has 106 valence electrons. The molecule has 6 heteroatoms. The highest BCUT2D eigenvalue weighted by molar-refractivity contribution is 7.08. The maximum absolute atomic E-state index is 12.6. The quantitative estimate of drug-likeness (QED) is 0.873. The molecule has 0 aliphatic carbocycles. The van der Waals surface area contributed by atoms with Crippen molar-refractivity contribution in [1.29, 1.82) is 5.26 Å². The first-order chi connectivity index (χ1) is 10.0.